The second-order valence-electron chi connectivity index (χ2n) is 9.23. The molecule has 192 valence electrons. The molecule has 6 rings (SSSR count). The number of nitrogens with one attached hydrogen (secondary N) is 2. The SMILES string of the molecule is COc1ccc(NC(=O)CC2C(=O)N(CCc3c[nH]c4ccc(OC)cc34)c3nc4ccccc4n32)cc1. The topological polar surface area (TPSA) is 101 Å². The standard InChI is InChI=1S/C29H27N5O4/c1-37-20-9-7-19(8-10-20)31-27(35)16-26-28(36)33(29-32-24-5-3-4-6-25(24)34(26)29)14-13-18-17-30-23-12-11-21(38-2)15-22(18)23/h3-12,15,17,26,30H,13-14,16H2,1-2H3,(H,31,35). The molecule has 9 nitrogen and oxygen atoms in total. The van der Waals surface area contributed by atoms with Gasteiger partial charge >= 0.3 is 0 Å². The van der Waals surface area contributed by atoms with E-state index in [-0.39, 0.29) is 18.2 Å². The van der Waals surface area contributed by atoms with Gasteiger partial charge < -0.3 is 19.8 Å². The zero-order valence-electron chi connectivity index (χ0n) is 21.1. The van der Waals surface area contributed by atoms with Crippen molar-refractivity contribution in [3.63, 3.8) is 0 Å². The Morgan fingerprint density at radius 2 is 1.79 bits per heavy atom. The number of aromatic nitrogens is 3. The van der Waals surface area contributed by atoms with Crippen molar-refractivity contribution in [1.82, 2.24) is 14.5 Å². The largest absolute Gasteiger partial charge is 0.497 e. The third-order valence-corrected chi connectivity index (χ3v) is 7.01. The van der Waals surface area contributed by atoms with Gasteiger partial charge in [-0.2, -0.15) is 0 Å². The second-order valence-corrected chi connectivity index (χ2v) is 9.23. The van der Waals surface area contributed by atoms with Crippen molar-refractivity contribution in [2.24, 2.45) is 0 Å². The van der Waals surface area contributed by atoms with Crippen LogP contribution < -0.4 is 19.7 Å². The molecule has 1 atom stereocenters. The number of benzene rings is 3. The van der Waals surface area contributed by atoms with Crippen molar-refractivity contribution in [1.29, 1.82) is 0 Å². The summed E-state index contributed by atoms with van der Waals surface area (Å²) in [7, 11) is 3.24. The Morgan fingerprint density at radius 1 is 1.03 bits per heavy atom. The van der Waals surface area contributed by atoms with E-state index in [1.54, 1.807) is 43.4 Å². The van der Waals surface area contributed by atoms with Gasteiger partial charge in [0.2, 0.25) is 11.9 Å². The molecular formula is C29H27N5O4. The maximum absolute atomic E-state index is 13.7. The fraction of sp³-hybridized carbons (Fsp3) is 0.207. The van der Waals surface area contributed by atoms with Gasteiger partial charge in [-0.25, -0.2) is 4.98 Å². The smallest absolute Gasteiger partial charge is 0.253 e. The summed E-state index contributed by atoms with van der Waals surface area (Å²) in [5.41, 5.74) is 4.35. The monoisotopic (exact) mass is 509 g/mol. The molecule has 1 aliphatic heterocycles. The van der Waals surface area contributed by atoms with Crippen LogP contribution in [-0.4, -0.2) is 47.1 Å². The third-order valence-electron chi connectivity index (χ3n) is 7.01. The lowest BCUT2D eigenvalue weighted by atomic mass is 10.1. The summed E-state index contributed by atoms with van der Waals surface area (Å²) in [5, 5.41) is 3.95. The fourth-order valence-corrected chi connectivity index (χ4v) is 5.09. The van der Waals surface area contributed by atoms with Gasteiger partial charge in [0.1, 0.15) is 17.5 Å². The number of carbonyl (C=O) groups is 2. The van der Waals surface area contributed by atoms with Crippen LogP contribution in [0.5, 0.6) is 11.5 Å². The number of rotatable bonds is 8. The molecule has 1 aliphatic rings. The van der Waals surface area contributed by atoms with Gasteiger partial charge in [0, 0.05) is 29.3 Å². The van der Waals surface area contributed by atoms with Crippen LogP contribution in [0.2, 0.25) is 0 Å². The Hall–Kier alpha value is -4.79. The molecule has 0 fully saturated rings. The van der Waals surface area contributed by atoms with E-state index in [0.29, 0.717) is 30.4 Å². The maximum Gasteiger partial charge on any atom is 0.253 e. The molecule has 0 spiro atoms. The number of hydrogen-bond acceptors (Lipinski definition) is 5. The van der Waals surface area contributed by atoms with Crippen LogP contribution in [0.4, 0.5) is 11.6 Å². The molecule has 0 aliphatic carbocycles. The van der Waals surface area contributed by atoms with Crippen LogP contribution in [0.15, 0.2) is 72.9 Å². The highest BCUT2D eigenvalue weighted by Gasteiger charge is 2.40. The predicted molar refractivity (Wildman–Crippen MR) is 146 cm³/mol. The van der Waals surface area contributed by atoms with Crippen molar-refractivity contribution in [3.05, 3.63) is 78.5 Å². The molecule has 2 N–H and O–H groups in total. The number of nitrogens with zero attached hydrogens (tertiary/aromatic N) is 3. The zero-order valence-corrected chi connectivity index (χ0v) is 21.1. The molecule has 3 aromatic carbocycles. The average Bonchev–Trinajstić information content (AvgIpc) is 3.59. The maximum atomic E-state index is 13.7. The lowest BCUT2D eigenvalue weighted by Gasteiger charge is -2.16. The quantitative estimate of drug-likeness (QED) is 0.316. The van der Waals surface area contributed by atoms with Gasteiger partial charge in [0.15, 0.2) is 0 Å². The molecule has 1 unspecified atom stereocenters. The number of anilines is 2. The molecular weight excluding hydrogens is 482 g/mol. The lowest BCUT2D eigenvalue weighted by molar-refractivity contribution is -0.124. The molecule has 2 amide bonds. The number of carbonyl (C=O) groups excluding carboxylic acids is 2. The number of H-pyrrole nitrogens is 1. The number of methoxy groups -OCH3 is 2. The first-order chi connectivity index (χ1) is 18.6. The highest BCUT2D eigenvalue weighted by Crippen LogP contribution is 2.37. The van der Waals surface area contributed by atoms with Crippen molar-refractivity contribution < 1.29 is 19.1 Å². The Bertz CT molecular complexity index is 1650. The number of hydrogen-bond donors (Lipinski definition) is 2. The van der Waals surface area contributed by atoms with Crippen LogP contribution >= 0.6 is 0 Å². The fourth-order valence-electron chi connectivity index (χ4n) is 5.09. The highest BCUT2D eigenvalue weighted by atomic mass is 16.5. The minimum Gasteiger partial charge on any atom is -0.497 e. The number of ether oxygens (including phenoxy) is 2. The Kier molecular flexibility index (Phi) is 5.95. The molecule has 0 saturated heterocycles. The summed E-state index contributed by atoms with van der Waals surface area (Å²) < 4.78 is 12.5. The molecule has 0 radical (unpaired) electrons. The van der Waals surface area contributed by atoms with Gasteiger partial charge in [0.05, 0.1) is 31.7 Å². The zero-order chi connectivity index (χ0) is 26.2. The molecule has 0 bridgehead atoms. The van der Waals surface area contributed by atoms with Crippen molar-refractivity contribution in [3.8, 4) is 11.5 Å². The first-order valence-corrected chi connectivity index (χ1v) is 12.4. The van der Waals surface area contributed by atoms with Gasteiger partial charge in [-0.05, 0) is 66.6 Å². The summed E-state index contributed by atoms with van der Waals surface area (Å²) in [4.78, 5) is 36.5. The van der Waals surface area contributed by atoms with E-state index in [2.05, 4.69) is 10.3 Å². The summed E-state index contributed by atoms with van der Waals surface area (Å²) >= 11 is 0. The van der Waals surface area contributed by atoms with E-state index in [1.807, 2.05) is 53.2 Å². The molecule has 9 heteroatoms. The van der Waals surface area contributed by atoms with E-state index >= 15 is 0 Å². The van der Waals surface area contributed by atoms with Crippen molar-refractivity contribution in [2.75, 3.05) is 31.0 Å². The first kappa shape index (κ1) is 23.6. The lowest BCUT2D eigenvalue weighted by Crippen LogP contribution is -2.33. The summed E-state index contributed by atoms with van der Waals surface area (Å²) in [6.45, 7) is 0.433. The summed E-state index contributed by atoms with van der Waals surface area (Å²) in [6.07, 6.45) is 2.58. The predicted octanol–water partition coefficient (Wildman–Crippen LogP) is 4.69. The number of imidazole rings is 1. The van der Waals surface area contributed by atoms with Crippen molar-refractivity contribution in [2.45, 2.75) is 18.9 Å². The Morgan fingerprint density at radius 3 is 2.58 bits per heavy atom. The van der Waals surface area contributed by atoms with Gasteiger partial charge in [-0.1, -0.05) is 12.1 Å². The van der Waals surface area contributed by atoms with Crippen LogP contribution in [0.25, 0.3) is 21.9 Å². The summed E-state index contributed by atoms with van der Waals surface area (Å²) in [5.74, 6) is 1.66. The van der Waals surface area contributed by atoms with Gasteiger partial charge in [-0.15, -0.1) is 0 Å². The van der Waals surface area contributed by atoms with Crippen LogP contribution in [0, 0.1) is 0 Å². The number of aromatic amines is 1. The van der Waals surface area contributed by atoms with E-state index in [4.69, 9.17) is 14.5 Å². The Balaban J connectivity index is 1.26. The highest BCUT2D eigenvalue weighted by molar-refractivity contribution is 6.05. The van der Waals surface area contributed by atoms with E-state index in [1.165, 1.54) is 0 Å². The van der Waals surface area contributed by atoms with Gasteiger partial charge in [-0.3, -0.25) is 19.1 Å². The molecule has 5 aromatic rings. The average molecular weight is 510 g/mol. The van der Waals surface area contributed by atoms with E-state index in [9.17, 15) is 9.59 Å². The molecule has 0 saturated carbocycles. The minimum atomic E-state index is -0.682. The minimum absolute atomic E-state index is 0.000991. The molecule has 3 heterocycles. The number of para-hydroxylation sites is 2. The third kappa shape index (κ3) is 4.11. The summed E-state index contributed by atoms with van der Waals surface area (Å²) in [6, 6.07) is 20.0. The normalized spacial score (nSPS) is 14.7. The number of amides is 2. The van der Waals surface area contributed by atoms with Crippen molar-refractivity contribution >= 4 is 45.4 Å². The van der Waals surface area contributed by atoms with Crippen LogP contribution in [0.1, 0.15) is 18.0 Å². The van der Waals surface area contributed by atoms with Crippen LogP contribution in [0.3, 0.4) is 0 Å². The first-order valence-electron chi connectivity index (χ1n) is 12.4. The molecule has 38 heavy (non-hydrogen) atoms. The van der Waals surface area contributed by atoms with E-state index in [0.717, 1.165) is 33.2 Å². The van der Waals surface area contributed by atoms with E-state index < -0.39 is 6.04 Å². The molecule has 2 aromatic heterocycles. The Labute approximate surface area is 219 Å². The number of fused-ring (bicyclic) bond motifs is 4. The van der Waals surface area contributed by atoms with Gasteiger partial charge in [0.25, 0.3) is 5.91 Å². The van der Waals surface area contributed by atoms with Crippen LogP contribution in [-0.2, 0) is 16.0 Å². The second kappa shape index (κ2) is 9.59.